The zero-order valence-corrected chi connectivity index (χ0v) is 18.7. The molecule has 30 heavy (non-hydrogen) atoms. The highest BCUT2D eigenvalue weighted by Gasteiger charge is 2.23. The third kappa shape index (κ3) is 5.05. The van der Waals surface area contributed by atoms with E-state index < -0.39 is 15.9 Å². The Morgan fingerprint density at radius 3 is 2.47 bits per heavy atom. The number of nitrogens with zero attached hydrogens (tertiary/aromatic N) is 1. The van der Waals surface area contributed by atoms with Crippen molar-refractivity contribution in [2.24, 2.45) is 0 Å². The van der Waals surface area contributed by atoms with E-state index in [1.165, 1.54) is 36.6 Å². The third-order valence-electron chi connectivity index (χ3n) is 4.18. The molecular weight excluding hydrogens is 422 g/mol. The molecule has 0 bridgehead atoms. The van der Waals surface area contributed by atoms with Crippen LogP contribution < -0.4 is 14.8 Å². The molecule has 3 aromatic rings. The molecular formula is C21H23N3O4S2. The van der Waals surface area contributed by atoms with Gasteiger partial charge in [0, 0.05) is 22.5 Å². The highest BCUT2D eigenvalue weighted by atomic mass is 32.2. The number of carbonyl (C=O) groups excluding carboxylic acids is 1. The average molecular weight is 446 g/mol. The van der Waals surface area contributed by atoms with Gasteiger partial charge in [0.1, 0.15) is 10.6 Å². The highest BCUT2D eigenvalue weighted by Crippen LogP contribution is 2.28. The van der Waals surface area contributed by atoms with Crippen molar-refractivity contribution in [1.82, 2.24) is 9.71 Å². The van der Waals surface area contributed by atoms with E-state index in [-0.39, 0.29) is 22.3 Å². The number of nitrogens with one attached hydrogen (secondary N) is 2. The van der Waals surface area contributed by atoms with Crippen LogP contribution in [0.25, 0.3) is 11.3 Å². The largest absolute Gasteiger partial charge is 0.495 e. The number of amides is 1. The van der Waals surface area contributed by atoms with E-state index >= 15 is 0 Å². The maximum atomic E-state index is 12.7. The van der Waals surface area contributed by atoms with Crippen molar-refractivity contribution >= 4 is 32.4 Å². The molecule has 0 saturated carbocycles. The Balaban J connectivity index is 1.84. The van der Waals surface area contributed by atoms with Gasteiger partial charge < -0.3 is 4.74 Å². The standard InChI is InChI=1S/C21H23N3O4S2/c1-13(2)24-30(26,27)19-11-16(9-10-18(19)28-4)20(25)23-21-22-17(12-29-21)15-7-5-14(3)6-8-15/h5-13,24H,1-4H3,(H,22,23,25). The number of methoxy groups -OCH3 is 1. The fraction of sp³-hybridized carbons (Fsp3) is 0.238. The van der Waals surface area contributed by atoms with Gasteiger partial charge in [-0.15, -0.1) is 11.3 Å². The second-order valence-corrected chi connectivity index (χ2v) is 9.54. The van der Waals surface area contributed by atoms with E-state index in [1.807, 2.05) is 36.6 Å². The van der Waals surface area contributed by atoms with Gasteiger partial charge in [0.15, 0.2) is 5.13 Å². The molecule has 0 aliphatic carbocycles. The molecule has 0 unspecified atom stereocenters. The zero-order valence-electron chi connectivity index (χ0n) is 17.1. The maximum absolute atomic E-state index is 12.7. The number of carbonyl (C=O) groups is 1. The first-order chi connectivity index (χ1) is 14.2. The van der Waals surface area contributed by atoms with E-state index in [0.717, 1.165) is 16.8 Å². The van der Waals surface area contributed by atoms with Gasteiger partial charge in [-0.3, -0.25) is 10.1 Å². The Kier molecular flexibility index (Phi) is 6.55. The van der Waals surface area contributed by atoms with Crippen molar-refractivity contribution in [3.8, 4) is 17.0 Å². The van der Waals surface area contributed by atoms with Crippen LogP contribution in [0.15, 0.2) is 52.7 Å². The number of hydrogen-bond acceptors (Lipinski definition) is 6. The lowest BCUT2D eigenvalue weighted by Crippen LogP contribution is -2.30. The smallest absolute Gasteiger partial charge is 0.257 e. The number of anilines is 1. The van der Waals surface area contributed by atoms with Crippen LogP contribution in [-0.4, -0.2) is 32.5 Å². The predicted molar refractivity (Wildman–Crippen MR) is 119 cm³/mol. The summed E-state index contributed by atoms with van der Waals surface area (Å²) in [6.07, 6.45) is 0. The summed E-state index contributed by atoms with van der Waals surface area (Å²) in [5.41, 5.74) is 3.05. The number of hydrogen-bond donors (Lipinski definition) is 2. The molecule has 0 aliphatic rings. The molecule has 1 aromatic heterocycles. The van der Waals surface area contributed by atoms with Gasteiger partial charge in [0.05, 0.1) is 12.8 Å². The minimum absolute atomic E-state index is 0.0918. The minimum Gasteiger partial charge on any atom is -0.495 e. The Labute approximate surface area is 180 Å². The molecule has 0 fully saturated rings. The van der Waals surface area contributed by atoms with E-state index in [4.69, 9.17) is 4.74 Å². The van der Waals surface area contributed by atoms with E-state index in [1.54, 1.807) is 13.8 Å². The fourth-order valence-corrected chi connectivity index (χ4v) is 4.92. The lowest BCUT2D eigenvalue weighted by Gasteiger charge is -2.14. The number of ether oxygens (including phenoxy) is 1. The highest BCUT2D eigenvalue weighted by molar-refractivity contribution is 7.89. The van der Waals surface area contributed by atoms with E-state index in [0.29, 0.717) is 5.13 Å². The van der Waals surface area contributed by atoms with Crippen molar-refractivity contribution in [2.75, 3.05) is 12.4 Å². The van der Waals surface area contributed by atoms with Gasteiger partial charge in [-0.1, -0.05) is 29.8 Å². The molecule has 7 nitrogen and oxygen atoms in total. The Morgan fingerprint density at radius 2 is 1.83 bits per heavy atom. The number of rotatable bonds is 7. The van der Waals surface area contributed by atoms with Crippen LogP contribution in [0.3, 0.4) is 0 Å². The number of aryl methyl sites for hydroxylation is 1. The summed E-state index contributed by atoms with van der Waals surface area (Å²) in [4.78, 5) is 17.1. The lowest BCUT2D eigenvalue weighted by atomic mass is 10.1. The number of benzene rings is 2. The molecule has 1 amide bonds. The van der Waals surface area contributed by atoms with Gasteiger partial charge in [0.25, 0.3) is 5.91 Å². The van der Waals surface area contributed by atoms with E-state index in [2.05, 4.69) is 15.0 Å². The molecule has 9 heteroatoms. The Morgan fingerprint density at radius 1 is 1.13 bits per heavy atom. The average Bonchev–Trinajstić information content (AvgIpc) is 3.15. The van der Waals surface area contributed by atoms with Crippen molar-refractivity contribution < 1.29 is 17.9 Å². The van der Waals surface area contributed by atoms with Gasteiger partial charge in [-0.05, 0) is 39.0 Å². The van der Waals surface area contributed by atoms with Crippen LogP contribution in [0.1, 0.15) is 29.8 Å². The molecule has 1 heterocycles. The maximum Gasteiger partial charge on any atom is 0.257 e. The fourth-order valence-electron chi connectivity index (χ4n) is 2.76. The number of sulfonamides is 1. The summed E-state index contributed by atoms with van der Waals surface area (Å²) >= 11 is 1.30. The normalized spacial score (nSPS) is 11.5. The van der Waals surface area contributed by atoms with Crippen molar-refractivity contribution in [2.45, 2.75) is 31.7 Å². The summed E-state index contributed by atoms with van der Waals surface area (Å²) < 4.78 is 32.9. The SMILES string of the molecule is COc1ccc(C(=O)Nc2nc(-c3ccc(C)cc3)cs2)cc1S(=O)(=O)NC(C)C. The van der Waals surface area contributed by atoms with Gasteiger partial charge in [-0.25, -0.2) is 18.1 Å². The monoisotopic (exact) mass is 445 g/mol. The first-order valence-electron chi connectivity index (χ1n) is 9.24. The summed E-state index contributed by atoms with van der Waals surface area (Å²) in [6.45, 7) is 5.44. The van der Waals surface area contributed by atoms with Crippen LogP contribution >= 0.6 is 11.3 Å². The van der Waals surface area contributed by atoms with Crippen LogP contribution in [0.5, 0.6) is 5.75 Å². The van der Waals surface area contributed by atoms with Crippen LogP contribution in [0.2, 0.25) is 0 Å². The van der Waals surface area contributed by atoms with Crippen LogP contribution in [0.4, 0.5) is 5.13 Å². The summed E-state index contributed by atoms with van der Waals surface area (Å²) in [6, 6.07) is 11.9. The van der Waals surface area contributed by atoms with Gasteiger partial charge >= 0.3 is 0 Å². The van der Waals surface area contributed by atoms with Crippen molar-refractivity contribution in [3.05, 3.63) is 59.0 Å². The summed E-state index contributed by atoms with van der Waals surface area (Å²) in [5, 5.41) is 5.01. The quantitative estimate of drug-likeness (QED) is 0.571. The number of aromatic nitrogens is 1. The molecule has 3 rings (SSSR count). The molecule has 0 aliphatic heterocycles. The first-order valence-corrected chi connectivity index (χ1v) is 11.6. The van der Waals surface area contributed by atoms with Gasteiger partial charge in [-0.2, -0.15) is 0 Å². The first kappa shape index (κ1) is 21.9. The molecule has 0 spiro atoms. The Hall–Kier alpha value is -2.75. The number of thiazole rings is 1. The van der Waals surface area contributed by atoms with Crippen LogP contribution in [-0.2, 0) is 10.0 Å². The molecule has 2 aromatic carbocycles. The Bertz CT molecular complexity index is 1150. The molecule has 2 N–H and O–H groups in total. The molecule has 0 atom stereocenters. The molecule has 0 radical (unpaired) electrons. The zero-order chi connectivity index (χ0) is 21.9. The lowest BCUT2D eigenvalue weighted by molar-refractivity contribution is 0.102. The minimum atomic E-state index is -3.83. The van der Waals surface area contributed by atoms with E-state index in [9.17, 15) is 13.2 Å². The second-order valence-electron chi connectivity index (χ2n) is 7.00. The summed E-state index contributed by atoms with van der Waals surface area (Å²) in [7, 11) is -2.45. The van der Waals surface area contributed by atoms with Gasteiger partial charge in [0.2, 0.25) is 10.0 Å². The summed E-state index contributed by atoms with van der Waals surface area (Å²) in [5.74, 6) is -0.293. The molecule has 158 valence electrons. The topological polar surface area (TPSA) is 97.4 Å². The third-order valence-corrected chi connectivity index (χ3v) is 6.62. The predicted octanol–water partition coefficient (Wildman–Crippen LogP) is 4.07. The molecule has 0 saturated heterocycles. The van der Waals surface area contributed by atoms with Crippen molar-refractivity contribution in [3.63, 3.8) is 0 Å². The van der Waals surface area contributed by atoms with Crippen LogP contribution in [0, 0.1) is 6.92 Å². The van der Waals surface area contributed by atoms with Crippen molar-refractivity contribution in [1.29, 1.82) is 0 Å². The second kappa shape index (κ2) is 8.95.